The number of nitrogens with one attached hydrogen (secondary N) is 1. The third-order valence-electron chi connectivity index (χ3n) is 2.94. The van der Waals surface area contributed by atoms with Crippen molar-refractivity contribution in [1.29, 1.82) is 0 Å². The predicted octanol–water partition coefficient (Wildman–Crippen LogP) is 2.39. The highest BCUT2D eigenvalue weighted by Gasteiger charge is 2.08. The smallest absolute Gasteiger partial charge is 0.255 e. The first-order valence-electron chi connectivity index (χ1n) is 6.31. The van der Waals surface area contributed by atoms with E-state index in [0.717, 1.165) is 5.56 Å². The number of aryl methyl sites for hydroxylation is 1. The minimum atomic E-state index is -0.206. The molecule has 0 aliphatic rings. The van der Waals surface area contributed by atoms with E-state index in [9.17, 15) is 9.59 Å². The quantitative estimate of drug-likeness (QED) is 0.836. The van der Waals surface area contributed by atoms with Crippen LogP contribution in [-0.4, -0.2) is 18.2 Å². The number of carbonyl (C=O) groups excluding carboxylic acids is 2. The van der Waals surface area contributed by atoms with Gasteiger partial charge in [0, 0.05) is 16.8 Å². The number of hydrogen-bond acceptors (Lipinski definition) is 3. The second-order valence-electron chi connectivity index (χ2n) is 4.53. The molecule has 1 amide bonds. The molecule has 0 fully saturated rings. The maximum Gasteiger partial charge on any atom is 0.255 e. The van der Waals surface area contributed by atoms with Crippen LogP contribution in [0.4, 0.5) is 5.69 Å². The summed E-state index contributed by atoms with van der Waals surface area (Å²) in [6.07, 6.45) is 0. The topological polar surface area (TPSA) is 72.2 Å². The lowest BCUT2D eigenvalue weighted by Gasteiger charge is -2.07. The summed E-state index contributed by atoms with van der Waals surface area (Å²) in [5, 5.41) is 2.77. The molecule has 0 heterocycles. The molecule has 0 spiro atoms. The highest BCUT2D eigenvalue weighted by Crippen LogP contribution is 2.13. The summed E-state index contributed by atoms with van der Waals surface area (Å²) in [7, 11) is 0. The molecular formula is C16H16N2O2. The van der Waals surface area contributed by atoms with Crippen LogP contribution in [-0.2, 0) is 0 Å². The Morgan fingerprint density at radius 1 is 1.05 bits per heavy atom. The van der Waals surface area contributed by atoms with E-state index in [1.165, 1.54) is 0 Å². The van der Waals surface area contributed by atoms with Gasteiger partial charge in [0.1, 0.15) is 0 Å². The van der Waals surface area contributed by atoms with Gasteiger partial charge in [-0.25, -0.2) is 0 Å². The summed E-state index contributed by atoms with van der Waals surface area (Å²) in [4.78, 5) is 23.6. The Morgan fingerprint density at radius 2 is 1.75 bits per heavy atom. The standard InChI is InChI=1S/C16H16N2O2/c1-11-5-7-12(8-6-11)16(20)18-14-4-2-3-13(9-14)15(19)10-17/h2-9H,10,17H2,1H3,(H,18,20). The molecule has 102 valence electrons. The molecule has 3 N–H and O–H groups in total. The van der Waals surface area contributed by atoms with Crippen molar-refractivity contribution in [1.82, 2.24) is 0 Å². The maximum atomic E-state index is 12.1. The molecule has 4 nitrogen and oxygen atoms in total. The lowest BCUT2D eigenvalue weighted by molar-refractivity contribution is 0.0997. The Balaban J connectivity index is 2.15. The number of amides is 1. The van der Waals surface area contributed by atoms with Crippen molar-refractivity contribution in [3.63, 3.8) is 0 Å². The number of anilines is 1. The van der Waals surface area contributed by atoms with Crippen molar-refractivity contribution in [3.05, 3.63) is 65.2 Å². The Hall–Kier alpha value is -2.46. The van der Waals surface area contributed by atoms with Gasteiger partial charge in [-0.05, 0) is 31.2 Å². The fourth-order valence-corrected chi connectivity index (χ4v) is 1.80. The molecule has 0 bridgehead atoms. The van der Waals surface area contributed by atoms with Gasteiger partial charge in [0.05, 0.1) is 6.54 Å². The van der Waals surface area contributed by atoms with E-state index in [-0.39, 0.29) is 18.2 Å². The van der Waals surface area contributed by atoms with Crippen LogP contribution < -0.4 is 11.1 Å². The number of carbonyl (C=O) groups is 2. The minimum Gasteiger partial charge on any atom is -0.324 e. The molecule has 2 rings (SSSR count). The van der Waals surface area contributed by atoms with Crippen molar-refractivity contribution in [2.75, 3.05) is 11.9 Å². The zero-order valence-corrected chi connectivity index (χ0v) is 11.2. The van der Waals surface area contributed by atoms with E-state index < -0.39 is 0 Å². The largest absolute Gasteiger partial charge is 0.324 e. The van der Waals surface area contributed by atoms with E-state index in [4.69, 9.17) is 5.73 Å². The van der Waals surface area contributed by atoms with Gasteiger partial charge < -0.3 is 11.1 Å². The number of nitrogens with two attached hydrogens (primary N) is 1. The molecule has 0 radical (unpaired) electrons. The fourth-order valence-electron chi connectivity index (χ4n) is 1.80. The zero-order valence-electron chi connectivity index (χ0n) is 11.2. The van der Waals surface area contributed by atoms with Crippen molar-refractivity contribution in [2.45, 2.75) is 6.92 Å². The van der Waals surface area contributed by atoms with Gasteiger partial charge in [0.25, 0.3) is 5.91 Å². The van der Waals surface area contributed by atoms with E-state index in [2.05, 4.69) is 5.32 Å². The van der Waals surface area contributed by atoms with Crippen LogP contribution in [0, 0.1) is 6.92 Å². The predicted molar refractivity (Wildman–Crippen MR) is 79.0 cm³/mol. The van der Waals surface area contributed by atoms with Crippen LogP contribution in [0.2, 0.25) is 0 Å². The average Bonchev–Trinajstić information content (AvgIpc) is 2.47. The lowest BCUT2D eigenvalue weighted by atomic mass is 10.1. The van der Waals surface area contributed by atoms with E-state index in [1.54, 1.807) is 36.4 Å². The van der Waals surface area contributed by atoms with Gasteiger partial charge in [0.2, 0.25) is 0 Å². The first kappa shape index (κ1) is 14.0. The first-order chi connectivity index (χ1) is 9.60. The number of benzene rings is 2. The Kier molecular flexibility index (Phi) is 4.27. The van der Waals surface area contributed by atoms with Crippen LogP contribution in [0.5, 0.6) is 0 Å². The molecule has 2 aromatic rings. The number of ketones is 1. The Labute approximate surface area is 117 Å². The summed E-state index contributed by atoms with van der Waals surface area (Å²) in [6, 6.07) is 14.0. The normalized spacial score (nSPS) is 10.1. The second-order valence-corrected chi connectivity index (χ2v) is 4.53. The summed E-state index contributed by atoms with van der Waals surface area (Å²) >= 11 is 0. The third kappa shape index (κ3) is 3.30. The molecule has 0 saturated carbocycles. The summed E-state index contributed by atoms with van der Waals surface area (Å²) < 4.78 is 0. The molecule has 0 aromatic heterocycles. The summed E-state index contributed by atoms with van der Waals surface area (Å²) in [5.74, 6) is -0.362. The Bertz CT molecular complexity index is 633. The van der Waals surface area contributed by atoms with Crippen LogP contribution in [0.1, 0.15) is 26.3 Å². The zero-order chi connectivity index (χ0) is 14.5. The summed E-state index contributed by atoms with van der Waals surface area (Å²) in [5.41, 5.74) is 8.07. The average molecular weight is 268 g/mol. The van der Waals surface area contributed by atoms with Gasteiger partial charge in [0.15, 0.2) is 5.78 Å². The van der Waals surface area contributed by atoms with Gasteiger partial charge in [-0.1, -0.05) is 29.8 Å². The maximum absolute atomic E-state index is 12.1. The van der Waals surface area contributed by atoms with Crippen molar-refractivity contribution < 1.29 is 9.59 Å². The molecule has 0 aliphatic carbocycles. The van der Waals surface area contributed by atoms with Crippen molar-refractivity contribution in [3.8, 4) is 0 Å². The molecule has 4 heteroatoms. The van der Waals surface area contributed by atoms with Crippen LogP contribution in [0.25, 0.3) is 0 Å². The van der Waals surface area contributed by atoms with Crippen LogP contribution >= 0.6 is 0 Å². The minimum absolute atomic E-state index is 0.0463. The van der Waals surface area contributed by atoms with Crippen molar-refractivity contribution >= 4 is 17.4 Å². The van der Waals surface area contributed by atoms with E-state index >= 15 is 0 Å². The molecule has 0 atom stereocenters. The van der Waals surface area contributed by atoms with Gasteiger partial charge in [-0.3, -0.25) is 9.59 Å². The second kappa shape index (κ2) is 6.12. The number of Topliss-reactive ketones (excluding diaryl/α,β-unsaturated/α-hetero) is 1. The Morgan fingerprint density at radius 3 is 2.40 bits per heavy atom. The number of hydrogen-bond donors (Lipinski definition) is 2. The molecular weight excluding hydrogens is 252 g/mol. The van der Waals surface area contributed by atoms with Gasteiger partial charge >= 0.3 is 0 Å². The van der Waals surface area contributed by atoms with Gasteiger partial charge in [-0.2, -0.15) is 0 Å². The molecule has 0 aliphatic heterocycles. The molecule has 0 unspecified atom stereocenters. The van der Waals surface area contributed by atoms with Crippen LogP contribution in [0.3, 0.4) is 0 Å². The third-order valence-corrected chi connectivity index (χ3v) is 2.94. The summed E-state index contributed by atoms with van der Waals surface area (Å²) in [6.45, 7) is 1.92. The molecule has 20 heavy (non-hydrogen) atoms. The SMILES string of the molecule is Cc1ccc(C(=O)Nc2cccc(C(=O)CN)c2)cc1. The van der Waals surface area contributed by atoms with E-state index in [0.29, 0.717) is 16.8 Å². The molecule has 0 saturated heterocycles. The first-order valence-corrected chi connectivity index (χ1v) is 6.31. The van der Waals surface area contributed by atoms with Gasteiger partial charge in [-0.15, -0.1) is 0 Å². The lowest BCUT2D eigenvalue weighted by Crippen LogP contribution is -2.15. The molecule has 2 aromatic carbocycles. The van der Waals surface area contributed by atoms with E-state index in [1.807, 2.05) is 19.1 Å². The fraction of sp³-hybridized carbons (Fsp3) is 0.125. The monoisotopic (exact) mass is 268 g/mol. The van der Waals surface area contributed by atoms with Crippen molar-refractivity contribution in [2.24, 2.45) is 5.73 Å². The van der Waals surface area contributed by atoms with Crippen LogP contribution in [0.15, 0.2) is 48.5 Å². The number of rotatable bonds is 4. The highest BCUT2D eigenvalue weighted by molar-refractivity contribution is 6.05. The highest BCUT2D eigenvalue weighted by atomic mass is 16.1.